The fourth-order valence-corrected chi connectivity index (χ4v) is 4.19. The number of sulfonamides is 1. The number of hydrogen-bond donors (Lipinski definition) is 1. The van der Waals surface area contributed by atoms with E-state index in [1.807, 2.05) is 6.92 Å². The van der Waals surface area contributed by atoms with Gasteiger partial charge in [-0.3, -0.25) is 4.79 Å². The fourth-order valence-electron chi connectivity index (χ4n) is 2.61. The van der Waals surface area contributed by atoms with E-state index < -0.39 is 28.3 Å². The highest BCUT2D eigenvalue weighted by atomic mass is 35.5. The van der Waals surface area contributed by atoms with E-state index in [4.69, 9.17) is 11.6 Å². The molecule has 1 aliphatic carbocycles. The Morgan fingerprint density at radius 2 is 1.89 bits per heavy atom. The minimum Gasteiger partial charge on any atom is -0.352 e. The number of benzene rings is 2. The number of nitrogens with zero attached hydrogens (tertiary/aromatic N) is 1. The Morgan fingerprint density at radius 1 is 1.22 bits per heavy atom. The summed E-state index contributed by atoms with van der Waals surface area (Å²) in [5.74, 6) is -1.03. The lowest BCUT2D eigenvalue weighted by atomic mass is 10.2. The zero-order chi connectivity index (χ0) is 19.6. The second kappa shape index (κ2) is 7.96. The molecule has 1 aliphatic rings. The van der Waals surface area contributed by atoms with Crippen LogP contribution >= 0.6 is 11.6 Å². The summed E-state index contributed by atoms with van der Waals surface area (Å²) in [6.45, 7) is 1.10. The van der Waals surface area contributed by atoms with Gasteiger partial charge in [-0.15, -0.1) is 0 Å². The molecule has 0 aliphatic heterocycles. The molecule has 1 saturated carbocycles. The van der Waals surface area contributed by atoms with Crippen LogP contribution in [-0.2, 0) is 21.4 Å². The number of nitrogens with one attached hydrogen (secondary N) is 1. The summed E-state index contributed by atoms with van der Waals surface area (Å²) in [7, 11) is -4.01. The highest BCUT2D eigenvalue weighted by molar-refractivity contribution is 7.89. The molecule has 0 heterocycles. The summed E-state index contributed by atoms with van der Waals surface area (Å²) in [5.41, 5.74) is 0.943. The van der Waals surface area contributed by atoms with Gasteiger partial charge in [0.1, 0.15) is 5.82 Å². The van der Waals surface area contributed by atoms with Gasteiger partial charge < -0.3 is 5.32 Å². The molecule has 5 nitrogen and oxygen atoms in total. The molecule has 1 amide bonds. The van der Waals surface area contributed by atoms with Crippen molar-refractivity contribution >= 4 is 27.5 Å². The lowest BCUT2D eigenvalue weighted by Gasteiger charge is -2.23. The first-order valence-corrected chi connectivity index (χ1v) is 10.4. The zero-order valence-electron chi connectivity index (χ0n) is 14.8. The quantitative estimate of drug-likeness (QED) is 0.761. The van der Waals surface area contributed by atoms with Crippen molar-refractivity contribution in [2.24, 2.45) is 0 Å². The summed E-state index contributed by atoms with van der Waals surface area (Å²) in [6, 6.07) is 10.5. The number of carbonyl (C=O) groups is 1. The Labute approximate surface area is 163 Å². The van der Waals surface area contributed by atoms with Crippen LogP contribution in [0.2, 0.25) is 5.02 Å². The molecule has 0 bridgehead atoms. The van der Waals surface area contributed by atoms with Crippen LogP contribution in [0.1, 0.15) is 24.0 Å². The minimum absolute atomic E-state index is 0.0362. The molecule has 0 saturated heterocycles. The third-order valence-corrected chi connectivity index (χ3v) is 6.48. The summed E-state index contributed by atoms with van der Waals surface area (Å²) in [5, 5.41) is 2.87. The lowest BCUT2D eigenvalue weighted by molar-refractivity contribution is -0.121. The van der Waals surface area contributed by atoms with Crippen molar-refractivity contribution in [3.05, 3.63) is 64.4 Å². The van der Waals surface area contributed by atoms with Gasteiger partial charge >= 0.3 is 0 Å². The van der Waals surface area contributed by atoms with Crippen LogP contribution in [0.5, 0.6) is 0 Å². The second-order valence-electron chi connectivity index (χ2n) is 6.63. The Hall–Kier alpha value is -1.96. The van der Waals surface area contributed by atoms with Crippen LogP contribution in [0.4, 0.5) is 4.39 Å². The molecule has 0 atom stereocenters. The van der Waals surface area contributed by atoms with E-state index in [0.29, 0.717) is 0 Å². The van der Waals surface area contributed by atoms with Gasteiger partial charge in [0.15, 0.2) is 0 Å². The molecule has 27 heavy (non-hydrogen) atoms. The molecule has 8 heteroatoms. The first-order chi connectivity index (χ1) is 12.8. The number of carbonyl (C=O) groups excluding carboxylic acids is 1. The van der Waals surface area contributed by atoms with Crippen molar-refractivity contribution in [2.75, 3.05) is 6.54 Å². The number of hydrogen-bond acceptors (Lipinski definition) is 3. The molecule has 0 spiro atoms. The molecular weight excluding hydrogens is 391 g/mol. The SMILES string of the molecule is Cc1ccc(S(=O)(=O)N(CC(=O)NC2CC2)Cc2c(F)cccc2Cl)cc1. The van der Waals surface area contributed by atoms with Gasteiger partial charge in [0.25, 0.3) is 0 Å². The molecule has 0 radical (unpaired) electrons. The second-order valence-corrected chi connectivity index (χ2v) is 8.97. The lowest BCUT2D eigenvalue weighted by Crippen LogP contribution is -2.41. The van der Waals surface area contributed by atoms with Crippen LogP contribution in [0.3, 0.4) is 0 Å². The highest BCUT2D eigenvalue weighted by Gasteiger charge is 2.30. The standard InChI is InChI=1S/C19H20ClFN2O3S/c1-13-5-9-15(10-6-13)27(25,26)23(12-19(24)22-14-7-8-14)11-16-17(20)3-2-4-18(16)21/h2-6,9-10,14H,7-8,11-12H2,1H3,(H,22,24). The fraction of sp³-hybridized carbons (Fsp3) is 0.316. The monoisotopic (exact) mass is 410 g/mol. The average molecular weight is 411 g/mol. The van der Waals surface area contributed by atoms with Gasteiger partial charge in [-0.05, 0) is 44.0 Å². The molecule has 0 unspecified atom stereocenters. The van der Waals surface area contributed by atoms with Crippen molar-refractivity contribution < 1.29 is 17.6 Å². The summed E-state index contributed by atoms with van der Waals surface area (Å²) in [6.07, 6.45) is 1.77. The molecule has 2 aromatic rings. The maximum absolute atomic E-state index is 14.2. The predicted octanol–water partition coefficient (Wildman–Crippen LogP) is 3.26. The first kappa shape index (κ1) is 19.8. The third-order valence-electron chi connectivity index (χ3n) is 4.32. The smallest absolute Gasteiger partial charge is 0.243 e. The molecule has 1 N–H and O–H groups in total. The third kappa shape index (κ3) is 4.86. The van der Waals surface area contributed by atoms with Gasteiger partial charge in [0.05, 0.1) is 11.4 Å². The summed E-state index contributed by atoms with van der Waals surface area (Å²) in [4.78, 5) is 12.3. The van der Waals surface area contributed by atoms with Gasteiger partial charge in [-0.2, -0.15) is 4.31 Å². The van der Waals surface area contributed by atoms with Crippen molar-refractivity contribution in [3.8, 4) is 0 Å². The van der Waals surface area contributed by atoms with Crippen molar-refractivity contribution in [1.82, 2.24) is 9.62 Å². The normalized spacial score (nSPS) is 14.4. The largest absolute Gasteiger partial charge is 0.352 e. The van der Waals surface area contributed by atoms with E-state index in [-0.39, 0.29) is 28.1 Å². The van der Waals surface area contributed by atoms with E-state index in [1.54, 1.807) is 12.1 Å². The summed E-state index contributed by atoms with van der Waals surface area (Å²) >= 11 is 6.06. The van der Waals surface area contributed by atoms with Crippen molar-refractivity contribution in [1.29, 1.82) is 0 Å². The molecule has 0 aromatic heterocycles. The van der Waals surface area contributed by atoms with Crippen LogP contribution in [0, 0.1) is 12.7 Å². The van der Waals surface area contributed by atoms with Crippen LogP contribution in [-0.4, -0.2) is 31.2 Å². The summed E-state index contributed by atoms with van der Waals surface area (Å²) < 4.78 is 41.3. The zero-order valence-corrected chi connectivity index (χ0v) is 16.4. The molecule has 3 rings (SSSR count). The Kier molecular flexibility index (Phi) is 5.83. The first-order valence-electron chi connectivity index (χ1n) is 8.56. The average Bonchev–Trinajstić information content (AvgIpc) is 3.41. The Balaban J connectivity index is 1.93. The number of aryl methyl sites for hydroxylation is 1. The van der Waals surface area contributed by atoms with E-state index in [2.05, 4.69) is 5.32 Å². The Morgan fingerprint density at radius 3 is 2.48 bits per heavy atom. The van der Waals surface area contributed by atoms with Crippen molar-refractivity contribution in [2.45, 2.75) is 37.2 Å². The topological polar surface area (TPSA) is 66.5 Å². The maximum atomic E-state index is 14.2. The van der Waals surface area contributed by atoms with E-state index in [1.165, 1.54) is 30.3 Å². The van der Waals surface area contributed by atoms with Gasteiger partial charge in [0.2, 0.25) is 15.9 Å². The maximum Gasteiger partial charge on any atom is 0.243 e. The highest BCUT2D eigenvalue weighted by Crippen LogP contribution is 2.25. The molecule has 2 aromatic carbocycles. The number of amides is 1. The molecule has 1 fully saturated rings. The van der Waals surface area contributed by atoms with Crippen molar-refractivity contribution in [3.63, 3.8) is 0 Å². The van der Waals surface area contributed by atoms with Crippen LogP contribution in [0.25, 0.3) is 0 Å². The number of halogens is 2. The van der Waals surface area contributed by atoms with E-state index in [0.717, 1.165) is 22.7 Å². The Bertz CT molecular complexity index is 924. The van der Waals surface area contributed by atoms with Crippen LogP contribution in [0.15, 0.2) is 47.4 Å². The van der Waals surface area contributed by atoms with Gasteiger partial charge in [-0.25, -0.2) is 12.8 Å². The van der Waals surface area contributed by atoms with E-state index >= 15 is 0 Å². The van der Waals surface area contributed by atoms with Gasteiger partial charge in [0, 0.05) is 23.2 Å². The van der Waals surface area contributed by atoms with E-state index in [9.17, 15) is 17.6 Å². The minimum atomic E-state index is -4.01. The molecule has 144 valence electrons. The van der Waals surface area contributed by atoms with Crippen LogP contribution < -0.4 is 5.32 Å². The predicted molar refractivity (Wildman–Crippen MR) is 101 cm³/mol. The van der Waals surface area contributed by atoms with Gasteiger partial charge in [-0.1, -0.05) is 35.4 Å². The number of rotatable bonds is 7. The molecular formula is C19H20ClFN2O3S.